The van der Waals surface area contributed by atoms with Gasteiger partial charge in [0, 0.05) is 45.0 Å². The first-order chi connectivity index (χ1) is 20.9. The van der Waals surface area contributed by atoms with Gasteiger partial charge in [0.15, 0.2) is 0 Å². The van der Waals surface area contributed by atoms with E-state index in [2.05, 4.69) is 25.2 Å². The van der Waals surface area contributed by atoms with E-state index in [1.165, 1.54) is 37.0 Å². The Labute approximate surface area is 256 Å². The Hall–Kier alpha value is -4.42. The lowest BCUT2D eigenvalue weighted by Gasteiger charge is -2.31. The van der Waals surface area contributed by atoms with Gasteiger partial charge in [0.1, 0.15) is 27.6 Å². The summed E-state index contributed by atoms with van der Waals surface area (Å²) < 4.78 is 5.42. The maximum Gasteiger partial charge on any atom is 0.295 e. The lowest BCUT2D eigenvalue weighted by molar-refractivity contribution is -0.127. The number of benzene rings is 1. The van der Waals surface area contributed by atoms with Crippen LogP contribution in [0.25, 0.3) is 21.6 Å². The van der Waals surface area contributed by atoms with Gasteiger partial charge in [-0.3, -0.25) is 19.2 Å². The number of aldehydes is 1. The fourth-order valence-electron chi connectivity index (χ4n) is 4.03. The topological polar surface area (TPSA) is 138 Å². The number of piperazine rings is 1. The summed E-state index contributed by atoms with van der Waals surface area (Å²) in [5.41, 5.74) is 1.95. The summed E-state index contributed by atoms with van der Waals surface area (Å²) >= 11 is 1.18. The van der Waals surface area contributed by atoms with Crippen LogP contribution in [0.1, 0.15) is 58.1 Å². The minimum absolute atomic E-state index is 0.225. The molecule has 2 amide bonds. The summed E-state index contributed by atoms with van der Waals surface area (Å²) in [5, 5.41) is 3.54. The first-order valence-electron chi connectivity index (χ1n) is 14.1. The number of hydrogen-bond acceptors (Lipinski definition) is 9. The standard InChI is InChI=1S/C20H22N6O4S.C7H6O.2C2H6/c1-21-18(28)13-10-24-19(31-13)16-15-14(12(30-3)9-23-16)11(8-22-15)17(27)20(29)26-6-4-25(2)5-7-26;8-6-7-4-2-1-3-5-7;2*1-2/h8-10,22H,4-7H2,1-3H3,(H,21,28);1-6H;2*1-2H3. The van der Waals surface area contributed by atoms with Crippen LogP contribution in [-0.4, -0.2) is 96.0 Å². The summed E-state index contributed by atoms with van der Waals surface area (Å²) in [5.74, 6) is -1.01. The number of nitrogens with zero attached hydrogens (tertiary/aromatic N) is 4. The zero-order chi connectivity index (χ0) is 31.9. The number of amides is 2. The molecule has 0 radical (unpaired) electrons. The Morgan fingerprint density at radius 2 is 1.65 bits per heavy atom. The monoisotopic (exact) mass is 608 g/mol. The number of aromatic amines is 1. The van der Waals surface area contributed by atoms with Gasteiger partial charge in [-0.25, -0.2) is 9.97 Å². The summed E-state index contributed by atoms with van der Waals surface area (Å²) in [7, 11) is 5.01. The molecule has 43 heavy (non-hydrogen) atoms. The van der Waals surface area contributed by atoms with Crippen LogP contribution < -0.4 is 10.1 Å². The van der Waals surface area contributed by atoms with Crippen molar-refractivity contribution >= 4 is 46.1 Å². The maximum absolute atomic E-state index is 13.1. The van der Waals surface area contributed by atoms with Crippen LogP contribution in [0.15, 0.2) is 48.9 Å². The van der Waals surface area contributed by atoms with E-state index in [0.717, 1.165) is 24.9 Å². The van der Waals surface area contributed by atoms with E-state index >= 15 is 0 Å². The third-order valence-electron chi connectivity index (χ3n) is 6.22. The largest absolute Gasteiger partial charge is 0.494 e. The molecule has 1 aliphatic heterocycles. The van der Waals surface area contributed by atoms with E-state index in [4.69, 9.17) is 4.74 Å². The SMILES string of the molecule is CC.CC.CNC(=O)c1cnc(-c2ncc(OC)c3c(C(=O)C(=O)N4CCN(C)CC4)c[nH]c23)s1.O=Cc1ccccc1. The zero-order valence-electron chi connectivity index (χ0n) is 25.8. The van der Waals surface area contributed by atoms with Gasteiger partial charge in [0.2, 0.25) is 0 Å². The highest BCUT2D eigenvalue weighted by atomic mass is 32.1. The van der Waals surface area contributed by atoms with Crippen molar-refractivity contribution in [1.82, 2.24) is 30.1 Å². The summed E-state index contributed by atoms with van der Waals surface area (Å²) in [4.78, 5) is 63.7. The minimum atomic E-state index is -0.601. The van der Waals surface area contributed by atoms with Crippen LogP contribution in [0.5, 0.6) is 5.75 Å². The Morgan fingerprint density at radius 1 is 1.00 bits per heavy atom. The first-order valence-corrected chi connectivity index (χ1v) is 14.9. The number of nitrogens with one attached hydrogen (secondary N) is 2. The molecule has 1 fully saturated rings. The number of ketones is 1. The molecule has 0 unspecified atom stereocenters. The van der Waals surface area contributed by atoms with Crippen molar-refractivity contribution < 1.29 is 23.9 Å². The second kappa shape index (κ2) is 17.5. The molecule has 230 valence electrons. The highest BCUT2D eigenvalue weighted by molar-refractivity contribution is 7.17. The second-order valence-electron chi connectivity index (χ2n) is 8.69. The van der Waals surface area contributed by atoms with Gasteiger partial charge in [-0.05, 0) is 7.05 Å². The number of rotatable bonds is 6. The number of methoxy groups -OCH3 is 1. The molecule has 2 N–H and O–H groups in total. The number of likely N-dealkylation sites (N-methyl/N-ethyl adjacent to an activating group) is 1. The number of aromatic nitrogens is 3. The van der Waals surface area contributed by atoms with E-state index < -0.39 is 11.7 Å². The Balaban J connectivity index is 0.000000456. The van der Waals surface area contributed by atoms with Crippen LogP contribution in [0.4, 0.5) is 0 Å². The molecule has 11 nitrogen and oxygen atoms in total. The number of carbonyl (C=O) groups excluding carboxylic acids is 4. The average Bonchev–Trinajstić information content (AvgIpc) is 3.75. The minimum Gasteiger partial charge on any atom is -0.494 e. The second-order valence-corrected chi connectivity index (χ2v) is 9.72. The van der Waals surface area contributed by atoms with Crippen molar-refractivity contribution in [3.63, 3.8) is 0 Å². The third-order valence-corrected chi connectivity index (χ3v) is 7.22. The zero-order valence-corrected chi connectivity index (χ0v) is 26.6. The van der Waals surface area contributed by atoms with Gasteiger partial charge in [-0.2, -0.15) is 0 Å². The van der Waals surface area contributed by atoms with E-state index in [1.54, 1.807) is 24.1 Å². The van der Waals surface area contributed by atoms with Crippen LogP contribution in [0.2, 0.25) is 0 Å². The number of carbonyl (C=O) groups is 4. The third kappa shape index (κ3) is 8.55. The molecule has 5 rings (SSSR count). The van der Waals surface area contributed by atoms with Crippen molar-refractivity contribution in [3.8, 4) is 16.5 Å². The summed E-state index contributed by atoms with van der Waals surface area (Å²) in [6.07, 6.45) is 5.30. The van der Waals surface area contributed by atoms with Gasteiger partial charge in [0.25, 0.3) is 17.6 Å². The van der Waals surface area contributed by atoms with Crippen LogP contribution in [-0.2, 0) is 4.79 Å². The predicted octanol–water partition coefficient (Wildman–Crippen LogP) is 4.56. The molecule has 1 saturated heterocycles. The molecule has 0 saturated carbocycles. The Morgan fingerprint density at radius 3 is 2.21 bits per heavy atom. The highest BCUT2D eigenvalue weighted by Crippen LogP contribution is 2.36. The molecular formula is C31H40N6O5S. The molecule has 3 aromatic heterocycles. The van der Waals surface area contributed by atoms with Gasteiger partial charge >= 0.3 is 0 Å². The van der Waals surface area contributed by atoms with Gasteiger partial charge in [-0.1, -0.05) is 58.0 Å². The summed E-state index contributed by atoms with van der Waals surface area (Å²) in [6.45, 7) is 10.5. The van der Waals surface area contributed by atoms with Crippen LogP contribution in [0.3, 0.4) is 0 Å². The molecule has 4 heterocycles. The summed E-state index contributed by atoms with van der Waals surface area (Å²) in [6, 6.07) is 9.10. The molecule has 0 spiro atoms. The predicted molar refractivity (Wildman–Crippen MR) is 170 cm³/mol. The number of Topliss-reactive ketones (excluding diaryl/α,β-unsaturated/α-hetero) is 1. The van der Waals surface area contributed by atoms with E-state index in [9.17, 15) is 19.2 Å². The fraction of sp³-hybridized carbons (Fsp3) is 0.355. The lowest BCUT2D eigenvalue weighted by Crippen LogP contribution is -2.49. The van der Waals surface area contributed by atoms with Crippen LogP contribution in [0, 0.1) is 0 Å². The molecule has 1 aliphatic rings. The van der Waals surface area contributed by atoms with Gasteiger partial charge < -0.3 is 24.8 Å². The van der Waals surface area contributed by atoms with E-state index in [-0.39, 0.29) is 11.5 Å². The Bertz CT molecular complexity index is 1490. The molecular weight excluding hydrogens is 568 g/mol. The van der Waals surface area contributed by atoms with Crippen molar-refractivity contribution in [2.75, 3.05) is 47.4 Å². The average molecular weight is 609 g/mol. The van der Waals surface area contributed by atoms with Crippen molar-refractivity contribution in [3.05, 3.63) is 64.9 Å². The number of thiazole rings is 1. The molecule has 12 heteroatoms. The smallest absolute Gasteiger partial charge is 0.295 e. The number of fused-ring (bicyclic) bond motifs is 1. The molecule has 0 atom stereocenters. The number of pyridine rings is 1. The van der Waals surface area contributed by atoms with E-state index in [1.807, 2.05) is 52.9 Å². The molecule has 4 aromatic rings. The maximum atomic E-state index is 13.1. The quantitative estimate of drug-likeness (QED) is 0.185. The number of ether oxygens (including phenoxy) is 1. The van der Waals surface area contributed by atoms with Crippen molar-refractivity contribution in [2.45, 2.75) is 27.7 Å². The van der Waals surface area contributed by atoms with Crippen molar-refractivity contribution in [2.24, 2.45) is 0 Å². The molecule has 0 bridgehead atoms. The van der Waals surface area contributed by atoms with E-state index in [0.29, 0.717) is 45.3 Å². The lowest BCUT2D eigenvalue weighted by atomic mass is 10.1. The van der Waals surface area contributed by atoms with Gasteiger partial charge in [0.05, 0.1) is 36.0 Å². The molecule has 0 aliphatic carbocycles. The highest BCUT2D eigenvalue weighted by Gasteiger charge is 2.29. The van der Waals surface area contributed by atoms with Gasteiger partial charge in [-0.15, -0.1) is 11.3 Å². The Kier molecular flexibility index (Phi) is 14.2. The van der Waals surface area contributed by atoms with Crippen LogP contribution >= 0.6 is 11.3 Å². The first kappa shape index (κ1) is 34.8. The van der Waals surface area contributed by atoms with Crippen molar-refractivity contribution in [1.29, 1.82) is 0 Å². The number of hydrogen-bond donors (Lipinski definition) is 2. The normalized spacial score (nSPS) is 12.4. The molecule has 1 aromatic carbocycles. The number of H-pyrrole nitrogens is 1. The fourth-order valence-corrected chi connectivity index (χ4v) is 4.89.